The molecule has 1 N–H and O–H groups in total. The summed E-state index contributed by atoms with van der Waals surface area (Å²) in [4.78, 5) is 0. The highest BCUT2D eigenvalue weighted by atomic mass is 16.3. The molecule has 0 spiro atoms. The number of aryl methyl sites for hydroxylation is 1. The van der Waals surface area contributed by atoms with Crippen LogP contribution in [0.2, 0.25) is 0 Å². The molecule has 2 atom stereocenters. The monoisotopic (exact) mass is 279 g/mol. The van der Waals surface area contributed by atoms with Gasteiger partial charge in [0.05, 0.1) is 6.26 Å². The van der Waals surface area contributed by atoms with E-state index in [2.05, 4.69) is 39.1 Å². The van der Waals surface area contributed by atoms with Crippen molar-refractivity contribution in [3.8, 4) is 0 Å². The predicted octanol–water partition coefficient (Wildman–Crippen LogP) is 5.49. The van der Waals surface area contributed by atoms with Gasteiger partial charge >= 0.3 is 0 Å². The van der Waals surface area contributed by atoms with Gasteiger partial charge in [-0.3, -0.25) is 0 Å². The lowest BCUT2D eigenvalue weighted by atomic mass is 9.89. The Labute approximate surface area is 125 Å². The average Bonchev–Trinajstić information content (AvgIpc) is 2.95. The Morgan fingerprint density at radius 3 is 2.55 bits per heavy atom. The van der Waals surface area contributed by atoms with Gasteiger partial charge in [-0.05, 0) is 31.4 Å². The highest BCUT2D eigenvalue weighted by Crippen LogP contribution is 2.29. The maximum absolute atomic E-state index is 5.63. The minimum Gasteiger partial charge on any atom is -0.469 e. The Morgan fingerprint density at radius 1 is 1.15 bits per heavy atom. The average molecular weight is 279 g/mol. The molecule has 0 amide bonds. The molecule has 0 fully saturated rings. The maximum atomic E-state index is 5.63. The Bertz CT molecular complexity index is 345. The van der Waals surface area contributed by atoms with Crippen LogP contribution in [-0.4, -0.2) is 6.54 Å². The summed E-state index contributed by atoms with van der Waals surface area (Å²) in [5, 5.41) is 3.73. The molecular formula is C18H33NO. The number of unbranched alkanes of at least 4 members (excludes halogenated alkanes) is 1. The van der Waals surface area contributed by atoms with Crippen molar-refractivity contribution >= 4 is 0 Å². The first kappa shape index (κ1) is 17.3. The van der Waals surface area contributed by atoms with Gasteiger partial charge in [0.25, 0.3) is 0 Å². The molecule has 0 aromatic carbocycles. The fraction of sp³-hybridized carbons (Fsp3) is 0.778. The van der Waals surface area contributed by atoms with Crippen molar-refractivity contribution in [3.05, 3.63) is 23.7 Å². The van der Waals surface area contributed by atoms with E-state index in [1.165, 1.54) is 44.1 Å². The molecule has 0 aliphatic rings. The van der Waals surface area contributed by atoms with Crippen LogP contribution in [0.15, 0.2) is 16.7 Å². The first-order valence-corrected chi connectivity index (χ1v) is 8.56. The van der Waals surface area contributed by atoms with Crippen LogP contribution in [0.4, 0.5) is 0 Å². The molecule has 1 aromatic rings. The van der Waals surface area contributed by atoms with E-state index >= 15 is 0 Å². The van der Waals surface area contributed by atoms with Crippen molar-refractivity contribution < 1.29 is 4.42 Å². The summed E-state index contributed by atoms with van der Waals surface area (Å²) >= 11 is 0. The minimum absolute atomic E-state index is 0.463. The quantitative estimate of drug-likeness (QED) is 0.579. The zero-order valence-electron chi connectivity index (χ0n) is 13.9. The molecule has 0 saturated heterocycles. The lowest BCUT2D eigenvalue weighted by Crippen LogP contribution is -2.25. The molecule has 0 bridgehead atoms. The number of nitrogens with one attached hydrogen (secondary N) is 1. The molecule has 1 heterocycles. The zero-order valence-corrected chi connectivity index (χ0v) is 13.9. The fourth-order valence-corrected chi connectivity index (χ4v) is 2.90. The van der Waals surface area contributed by atoms with Gasteiger partial charge in [0.15, 0.2) is 0 Å². The van der Waals surface area contributed by atoms with E-state index in [1.54, 1.807) is 0 Å². The van der Waals surface area contributed by atoms with Gasteiger partial charge in [-0.25, -0.2) is 0 Å². The molecule has 2 unspecified atom stereocenters. The van der Waals surface area contributed by atoms with Gasteiger partial charge in [-0.2, -0.15) is 0 Å². The molecule has 1 aromatic heterocycles. The summed E-state index contributed by atoms with van der Waals surface area (Å²) in [6.45, 7) is 10.1. The van der Waals surface area contributed by atoms with Crippen LogP contribution < -0.4 is 5.32 Å². The predicted molar refractivity (Wildman–Crippen MR) is 87.0 cm³/mol. The van der Waals surface area contributed by atoms with Gasteiger partial charge in [0.1, 0.15) is 5.76 Å². The van der Waals surface area contributed by atoms with Gasteiger partial charge in [-0.1, -0.05) is 53.4 Å². The Kier molecular flexibility index (Phi) is 8.68. The Hall–Kier alpha value is -0.760. The fourth-order valence-electron chi connectivity index (χ4n) is 2.90. The second-order valence-electron chi connectivity index (χ2n) is 5.81. The van der Waals surface area contributed by atoms with E-state index in [0.717, 1.165) is 24.6 Å². The number of rotatable bonds is 11. The number of hydrogen-bond acceptors (Lipinski definition) is 2. The smallest absolute Gasteiger partial charge is 0.108 e. The van der Waals surface area contributed by atoms with Crippen LogP contribution in [-0.2, 0) is 6.42 Å². The van der Waals surface area contributed by atoms with Crippen molar-refractivity contribution in [1.29, 1.82) is 0 Å². The van der Waals surface area contributed by atoms with E-state index < -0.39 is 0 Å². The molecule has 2 heteroatoms. The standard InChI is InChI=1S/C18H33NO/c1-5-9-10-15(7-3)14-17(19-12-6-2)16-11-13-20-18(16)8-4/h11,13,15,17,19H,5-10,12,14H2,1-4H3. The van der Waals surface area contributed by atoms with Gasteiger partial charge in [0.2, 0.25) is 0 Å². The third-order valence-corrected chi connectivity index (χ3v) is 4.23. The van der Waals surface area contributed by atoms with Crippen LogP contribution in [0, 0.1) is 5.92 Å². The summed E-state index contributed by atoms with van der Waals surface area (Å²) in [6.07, 6.45) is 10.5. The second kappa shape index (κ2) is 10.0. The third kappa shape index (κ3) is 5.32. The van der Waals surface area contributed by atoms with E-state index in [1.807, 2.05) is 6.26 Å². The summed E-state index contributed by atoms with van der Waals surface area (Å²) in [7, 11) is 0. The topological polar surface area (TPSA) is 25.2 Å². The van der Waals surface area contributed by atoms with Crippen LogP contribution in [0.3, 0.4) is 0 Å². The highest BCUT2D eigenvalue weighted by molar-refractivity contribution is 5.21. The van der Waals surface area contributed by atoms with Crippen molar-refractivity contribution in [1.82, 2.24) is 5.32 Å². The van der Waals surface area contributed by atoms with Crippen LogP contribution >= 0.6 is 0 Å². The first-order valence-electron chi connectivity index (χ1n) is 8.56. The van der Waals surface area contributed by atoms with E-state index in [4.69, 9.17) is 4.42 Å². The molecule has 0 aliphatic carbocycles. The SMILES string of the molecule is CCCCC(CC)CC(NCCC)c1ccoc1CC. The van der Waals surface area contributed by atoms with Crippen LogP contribution in [0.5, 0.6) is 0 Å². The molecule has 116 valence electrons. The highest BCUT2D eigenvalue weighted by Gasteiger charge is 2.20. The molecular weight excluding hydrogens is 246 g/mol. The van der Waals surface area contributed by atoms with Crippen molar-refractivity contribution in [2.75, 3.05) is 6.54 Å². The normalized spacial score (nSPS) is 14.4. The molecule has 20 heavy (non-hydrogen) atoms. The van der Waals surface area contributed by atoms with Crippen molar-refractivity contribution in [3.63, 3.8) is 0 Å². The van der Waals surface area contributed by atoms with Gasteiger partial charge in [-0.15, -0.1) is 0 Å². The number of hydrogen-bond donors (Lipinski definition) is 1. The Balaban J connectivity index is 2.72. The van der Waals surface area contributed by atoms with Gasteiger partial charge in [0, 0.05) is 18.0 Å². The number of furan rings is 1. The third-order valence-electron chi connectivity index (χ3n) is 4.23. The molecule has 0 radical (unpaired) electrons. The maximum Gasteiger partial charge on any atom is 0.108 e. The lowest BCUT2D eigenvalue weighted by Gasteiger charge is -2.24. The second-order valence-corrected chi connectivity index (χ2v) is 5.81. The zero-order chi connectivity index (χ0) is 14.8. The molecule has 0 saturated carbocycles. The summed E-state index contributed by atoms with van der Waals surface area (Å²) in [5.74, 6) is 1.98. The lowest BCUT2D eigenvalue weighted by molar-refractivity contribution is 0.350. The summed E-state index contributed by atoms with van der Waals surface area (Å²) in [5.41, 5.74) is 1.39. The molecule has 1 rings (SSSR count). The Morgan fingerprint density at radius 2 is 1.95 bits per heavy atom. The summed E-state index contributed by atoms with van der Waals surface area (Å²) in [6, 6.07) is 2.63. The van der Waals surface area contributed by atoms with E-state index in [9.17, 15) is 0 Å². The van der Waals surface area contributed by atoms with Crippen LogP contribution in [0.25, 0.3) is 0 Å². The molecule has 2 nitrogen and oxygen atoms in total. The van der Waals surface area contributed by atoms with E-state index in [0.29, 0.717) is 6.04 Å². The van der Waals surface area contributed by atoms with Crippen molar-refractivity contribution in [2.24, 2.45) is 5.92 Å². The van der Waals surface area contributed by atoms with E-state index in [-0.39, 0.29) is 0 Å². The molecule has 0 aliphatic heterocycles. The van der Waals surface area contributed by atoms with Crippen molar-refractivity contribution in [2.45, 2.75) is 78.7 Å². The van der Waals surface area contributed by atoms with Gasteiger partial charge < -0.3 is 9.73 Å². The first-order chi connectivity index (χ1) is 9.76. The minimum atomic E-state index is 0.463. The summed E-state index contributed by atoms with van der Waals surface area (Å²) < 4.78 is 5.63. The largest absolute Gasteiger partial charge is 0.469 e. The van der Waals surface area contributed by atoms with Crippen LogP contribution in [0.1, 0.15) is 83.6 Å².